The number of nitrogens with zero attached hydrogens (tertiary/aromatic N) is 3. The van der Waals surface area contributed by atoms with Crippen molar-refractivity contribution in [1.29, 1.82) is 5.26 Å². The van der Waals surface area contributed by atoms with Gasteiger partial charge in [-0.1, -0.05) is 38.1 Å². The molecule has 0 aliphatic carbocycles. The summed E-state index contributed by atoms with van der Waals surface area (Å²) in [5.74, 6) is 0.209. The highest BCUT2D eigenvalue weighted by Crippen LogP contribution is 2.24. The number of amides is 1. The number of nitrogens with one attached hydrogen (secondary N) is 2. The molecular formula is C17H19N5O2. The monoisotopic (exact) mass is 325 g/mol. The number of hydrazone groups is 1. The van der Waals surface area contributed by atoms with Gasteiger partial charge >= 0.3 is 0 Å². The highest BCUT2D eigenvalue weighted by molar-refractivity contribution is 6.48. The summed E-state index contributed by atoms with van der Waals surface area (Å²) in [7, 11) is 0. The van der Waals surface area contributed by atoms with E-state index in [9.17, 15) is 4.79 Å². The van der Waals surface area contributed by atoms with Gasteiger partial charge in [-0.05, 0) is 24.6 Å². The van der Waals surface area contributed by atoms with Crippen LogP contribution in [0.2, 0.25) is 0 Å². The third-order valence-electron chi connectivity index (χ3n) is 3.13. The van der Waals surface area contributed by atoms with Gasteiger partial charge in [0.15, 0.2) is 5.82 Å². The fourth-order valence-electron chi connectivity index (χ4n) is 1.82. The van der Waals surface area contributed by atoms with Gasteiger partial charge in [0.1, 0.15) is 11.8 Å². The van der Waals surface area contributed by atoms with Crippen LogP contribution in [0.3, 0.4) is 0 Å². The van der Waals surface area contributed by atoms with E-state index in [-0.39, 0.29) is 16.9 Å². The van der Waals surface area contributed by atoms with Crippen molar-refractivity contribution < 1.29 is 9.32 Å². The van der Waals surface area contributed by atoms with Crippen molar-refractivity contribution in [3.05, 3.63) is 41.7 Å². The number of nitriles is 1. The zero-order chi connectivity index (χ0) is 17.7. The molecule has 2 aromatic rings. The van der Waals surface area contributed by atoms with Crippen molar-refractivity contribution in [2.45, 2.75) is 33.1 Å². The Bertz CT molecular complexity index is 809. The smallest absolute Gasteiger partial charge is 0.288 e. The molecule has 0 bridgehead atoms. The first-order chi connectivity index (χ1) is 11.3. The summed E-state index contributed by atoms with van der Waals surface area (Å²) < 4.78 is 5.18. The second-order valence-corrected chi connectivity index (χ2v) is 6.33. The maximum Gasteiger partial charge on any atom is 0.288 e. The minimum atomic E-state index is -0.661. The molecule has 0 saturated heterocycles. The number of aryl methyl sites for hydroxylation is 1. The van der Waals surface area contributed by atoms with Crippen LogP contribution in [0.25, 0.3) is 0 Å². The standard InChI is InChI=1S/C17H19N5O2/c1-11-6-5-7-12(8-11)20-21-13(10-18)16(23)19-15-9-14(24-22-15)17(2,3)4/h5-9,20H,1-4H3,(H,19,22,23)/b21-13+. The van der Waals surface area contributed by atoms with E-state index in [1.807, 2.05) is 45.9 Å². The van der Waals surface area contributed by atoms with Crippen molar-refractivity contribution >= 4 is 23.1 Å². The van der Waals surface area contributed by atoms with Gasteiger partial charge in [0.25, 0.3) is 5.91 Å². The Morgan fingerprint density at radius 3 is 2.67 bits per heavy atom. The molecule has 1 aromatic carbocycles. The molecule has 1 aromatic heterocycles. The van der Waals surface area contributed by atoms with Crippen LogP contribution in [0, 0.1) is 18.3 Å². The van der Waals surface area contributed by atoms with Crippen LogP contribution in [0.15, 0.2) is 40.0 Å². The number of benzene rings is 1. The quantitative estimate of drug-likeness (QED) is 0.663. The summed E-state index contributed by atoms with van der Waals surface area (Å²) in [5, 5.41) is 19.2. The predicted molar refractivity (Wildman–Crippen MR) is 91.7 cm³/mol. The van der Waals surface area contributed by atoms with Gasteiger partial charge in [0.05, 0.1) is 5.69 Å². The molecule has 0 aliphatic heterocycles. The Balaban J connectivity index is 2.07. The molecule has 2 N–H and O–H groups in total. The fourth-order valence-corrected chi connectivity index (χ4v) is 1.82. The lowest BCUT2D eigenvalue weighted by atomic mass is 9.93. The molecule has 24 heavy (non-hydrogen) atoms. The van der Waals surface area contributed by atoms with Gasteiger partial charge < -0.3 is 9.84 Å². The van der Waals surface area contributed by atoms with Crippen molar-refractivity contribution in [2.75, 3.05) is 10.7 Å². The lowest BCUT2D eigenvalue weighted by molar-refractivity contribution is -0.110. The molecule has 0 atom stereocenters. The summed E-state index contributed by atoms with van der Waals surface area (Å²) in [6, 6.07) is 10.8. The third-order valence-corrected chi connectivity index (χ3v) is 3.13. The fraction of sp³-hybridized carbons (Fsp3) is 0.294. The summed E-state index contributed by atoms with van der Waals surface area (Å²) in [6.07, 6.45) is 0. The van der Waals surface area contributed by atoms with Crippen molar-refractivity contribution in [2.24, 2.45) is 5.10 Å². The first kappa shape index (κ1) is 17.2. The van der Waals surface area contributed by atoms with E-state index in [0.717, 1.165) is 5.56 Å². The second kappa shape index (κ2) is 6.96. The topological polar surface area (TPSA) is 103 Å². The van der Waals surface area contributed by atoms with Gasteiger partial charge in [-0.25, -0.2) is 0 Å². The van der Waals surface area contributed by atoms with E-state index >= 15 is 0 Å². The molecule has 7 heteroatoms. The summed E-state index contributed by atoms with van der Waals surface area (Å²) >= 11 is 0. The normalized spacial score (nSPS) is 11.7. The zero-order valence-electron chi connectivity index (χ0n) is 14.0. The predicted octanol–water partition coefficient (Wildman–Crippen LogP) is 3.21. The van der Waals surface area contributed by atoms with Crippen molar-refractivity contribution in [3.8, 4) is 6.07 Å². The maximum absolute atomic E-state index is 12.1. The molecule has 1 heterocycles. The summed E-state index contributed by atoms with van der Waals surface area (Å²) in [5.41, 5.74) is 3.88. The Hall–Kier alpha value is -3.14. The van der Waals surface area contributed by atoms with Crippen molar-refractivity contribution in [3.63, 3.8) is 0 Å². The average molecular weight is 325 g/mol. The first-order valence-corrected chi connectivity index (χ1v) is 7.38. The number of hydrogen-bond acceptors (Lipinski definition) is 6. The SMILES string of the molecule is Cc1cccc(N/N=C(\C#N)C(=O)Nc2cc(C(C)(C)C)on2)c1. The van der Waals surface area contributed by atoms with Gasteiger partial charge in [-0.2, -0.15) is 10.4 Å². The Labute approximate surface area is 140 Å². The van der Waals surface area contributed by atoms with Crippen LogP contribution in [-0.4, -0.2) is 16.8 Å². The lowest BCUT2D eigenvalue weighted by Crippen LogP contribution is -2.22. The van der Waals surface area contributed by atoms with Gasteiger partial charge in [0, 0.05) is 11.5 Å². The van der Waals surface area contributed by atoms with Gasteiger partial charge in [0.2, 0.25) is 5.71 Å². The Kier molecular flexibility index (Phi) is 4.99. The highest BCUT2D eigenvalue weighted by atomic mass is 16.5. The van der Waals surface area contributed by atoms with E-state index in [2.05, 4.69) is 21.0 Å². The first-order valence-electron chi connectivity index (χ1n) is 7.38. The molecule has 0 radical (unpaired) electrons. The number of aromatic nitrogens is 1. The number of hydrogen-bond donors (Lipinski definition) is 2. The highest BCUT2D eigenvalue weighted by Gasteiger charge is 2.21. The molecule has 2 rings (SSSR count). The minimum Gasteiger partial charge on any atom is -0.359 e. The van der Waals surface area contributed by atoms with Crippen LogP contribution < -0.4 is 10.7 Å². The minimum absolute atomic E-state index is 0.227. The number of anilines is 2. The Morgan fingerprint density at radius 2 is 2.08 bits per heavy atom. The molecule has 0 spiro atoms. The largest absolute Gasteiger partial charge is 0.359 e. The molecule has 0 aliphatic rings. The number of carbonyl (C=O) groups is 1. The zero-order valence-corrected chi connectivity index (χ0v) is 14.0. The molecule has 1 amide bonds. The maximum atomic E-state index is 12.1. The van der Waals surface area contributed by atoms with E-state index in [4.69, 9.17) is 9.78 Å². The van der Waals surface area contributed by atoms with E-state index in [0.29, 0.717) is 11.4 Å². The number of rotatable bonds is 4. The molecule has 124 valence electrons. The van der Waals surface area contributed by atoms with Crippen molar-refractivity contribution in [1.82, 2.24) is 5.16 Å². The molecular weight excluding hydrogens is 306 g/mol. The Morgan fingerprint density at radius 1 is 1.33 bits per heavy atom. The lowest BCUT2D eigenvalue weighted by Gasteiger charge is -2.11. The second-order valence-electron chi connectivity index (χ2n) is 6.33. The molecule has 0 unspecified atom stereocenters. The van der Waals surface area contributed by atoms with Crippen LogP contribution in [0.4, 0.5) is 11.5 Å². The molecule has 7 nitrogen and oxygen atoms in total. The third kappa shape index (κ3) is 4.43. The number of carbonyl (C=O) groups excluding carboxylic acids is 1. The average Bonchev–Trinajstić information content (AvgIpc) is 2.96. The van der Waals surface area contributed by atoms with E-state index < -0.39 is 5.91 Å². The molecule has 0 saturated carbocycles. The van der Waals surface area contributed by atoms with Crippen LogP contribution in [0.5, 0.6) is 0 Å². The van der Waals surface area contributed by atoms with Crippen LogP contribution in [0.1, 0.15) is 32.1 Å². The van der Waals surface area contributed by atoms with Gasteiger partial charge in [-0.15, -0.1) is 0 Å². The van der Waals surface area contributed by atoms with E-state index in [1.54, 1.807) is 18.2 Å². The van der Waals surface area contributed by atoms with Gasteiger partial charge in [-0.3, -0.25) is 10.2 Å². The summed E-state index contributed by atoms with van der Waals surface area (Å²) in [4.78, 5) is 12.1. The van der Waals surface area contributed by atoms with E-state index in [1.165, 1.54) is 0 Å². The molecule has 0 fully saturated rings. The summed E-state index contributed by atoms with van der Waals surface area (Å²) in [6.45, 7) is 7.83. The van der Waals surface area contributed by atoms with Crippen LogP contribution >= 0.6 is 0 Å². The van der Waals surface area contributed by atoms with Crippen LogP contribution in [-0.2, 0) is 10.2 Å².